The van der Waals surface area contributed by atoms with Crippen LogP contribution in [0.25, 0.3) is 0 Å². The highest BCUT2D eigenvalue weighted by Gasteiger charge is 1.93. The molecule has 0 radical (unpaired) electrons. The van der Waals surface area contributed by atoms with Crippen LogP contribution in [0.4, 0.5) is 0 Å². The molecule has 0 heterocycles. The van der Waals surface area contributed by atoms with Gasteiger partial charge in [0.25, 0.3) is 0 Å². The Labute approximate surface area is 145 Å². The third kappa shape index (κ3) is 39.1. The van der Waals surface area contributed by atoms with Crippen molar-refractivity contribution in [1.29, 1.82) is 0 Å². The maximum atomic E-state index is 8.74. The molecule has 0 spiro atoms. The van der Waals surface area contributed by atoms with Crippen molar-refractivity contribution < 1.29 is 17.5 Å². The summed E-state index contributed by atoms with van der Waals surface area (Å²) in [5.74, 6) is 0. The predicted octanol–water partition coefficient (Wildman–Crippen LogP) is 6.62. The van der Waals surface area contributed by atoms with E-state index in [4.69, 9.17) is 17.5 Å². The summed E-state index contributed by atoms with van der Waals surface area (Å²) >= 11 is 0. The Morgan fingerprint density at radius 2 is 0.609 bits per heavy atom. The first-order valence-corrected chi connectivity index (χ1v) is 11.0. The molecule has 0 aromatic heterocycles. The van der Waals surface area contributed by atoms with E-state index in [0.717, 1.165) is 0 Å². The van der Waals surface area contributed by atoms with Crippen LogP contribution in [0.1, 0.15) is 117 Å². The van der Waals surface area contributed by atoms with E-state index in [1.165, 1.54) is 103 Å². The molecule has 23 heavy (non-hydrogen) atoms. The van der Waals surface area contributed by atoms with Gasteiger partial charge in [0.05, 0.1) is 0 Å². The molecule has 0 amide bonds. The molecule has 2 N–H and O–H groups in total. The van der Waals surface area contributed by atoms with Gasteiger partial charge in [-0.1, -0.05) is 117 Å². The molecule has 0 atom stereocenters. The molecule has 0 rings (SSSR count). The molecule has 142 valence electrons. The Hall–Kier alpha value is -0.130. The summed E-state index contributed by atoms with van der Waals surface area (Å²) in [6.45, 7) is 4.59. The number of rotatable bonds is 15. The average molecular weight is 353 g/mol. The highest BCUT2D eigenvalue weighted by molar-refractivity contribution is 7.79. The fourth-order valence-electron chi connectivity index (χ4n) is 2.62. The summed E-state index contributed by atoms with van der Waals surface area (Å²) in [5, 5.41) is 0. The van der Waals surface area contributed by atoms with Crippen LogP contribution in [0.3, 0.4) is 0 Å². The van der Waals surface area contributed by atoms with Crippen LogP contribution in [0.2, 0.25) is 0 Å². The van der Waals surface area contributed by atoms with Crippen LogP contribution in [0, 0.1) is 0 Å². The predicted molar refractivity (Wildman–Crippen MR) is 99.4 cm³/mol. The van der Waals surface area contributed by atoms with Gasteiger partial charge in [-0.15, -0.1) is 0 Å². The highest BCUT2D eigenvalue weighted by atomic mass is 32.3. The Morgan fingerprint density at radius 3 is 0.739 bits per heavy atom. The molecule has 0 aromatic carbocycles. The van der Waals surface area contributed by atoms with E-state index < -0.39 is 10.4 Å². The van der Waals surface area contributed by atoms with Crippen molar-refractivity contribution in [2.75, 3.05) is 0 Å². The van der Waals surface area contributed by atoms with Crippen molar-refractivity contribution in [1.82, 2.24) is 0 Å². The zero-order valence-corrected chi connectivity index (χ0v) is 16.2. The summed E-state index contributed by atoms with van der Waals surface area (Å²) in [7, 11) is -4.67. The van der Waals surface area contributed by atoms with Gasteiger partial charge in [0.1, 0.15) is 0 Å². The van der Waals surface area contributed by atoms with Crippen LogP contribution in [0.5, 0.6) is 0 Å². The van der Waals surface area contributed by atoms with E-state index in [0.29, 0.717) is 0 Å². The molecule has 0 fully saturated rings. The second-order valence-corrected chi connectivity index (χ2v) is 7.29. The quantitative estimate of drug-likeness (QED) is 0.257. The van der Waals surface area contributed by atoms with Gasteiger partial charge in [0.15, 0.2) is 0 Å². The SMILES string of the molecule is CCCCCCCCCCCCCCCCCC.O=S(=O)(O)O. The van der Waals surface area contributed by atoms with Gasteiger partial charge in [-0.25, -0.2) is 0 Å². The highest BCUT2D eigenvalue weighted by Crippen LogP contribution is 2.13. The molecule has 0 aliphatic heterocycles. The van der Waals surface area contributed by atoms with E-state index in [1.54, 1.807) is 0 Å². The molecular formula is C18H40O4S. The van der Waals surface area contributed by atoms with Gasteiger partial charge in [-0.2, -0.15) is 8.42 Å². The monoisotopic (exact) mass is 352 g/mol. The molecular weight excluding hydrogens is 312 g/mol. The maximum Gasteiger partial charge on any atom is 0.394 e. The fourth-order valence-corrected chi connectivity index (χ4v) is 2.62. The Balaban J connectivity index is 0. The molecule has 0 saturated heterocycles. The molecule has 0 aromatic rings. The summed E-state index contributed by atoms with van der Waals surface area (Å²) < 4.78 is 31.6. The first-order chi connectivity index (χ1) is 10.9. The minimum atomic E-state index is -4.67. The Morgan fingerprint density at radius 1 is 0.478 bits per heavy atom. The van der Waals surface area contributed by atoms with E-state index >= 15 is 0 Å². The molecule has 5 heteroatoms. The summed E-state index contributed by atoms with van der Waals surface area (Å²) in [6.07, 6.45) is 23.4. The second kappa shape index (κ2) is 19.9. The Bertz CT molecular complexity index is 278. The van der Waals surface area contributed by atoms with Crippen molar-refractivity contribution in [3.63, 3.8) is 0 Å². The van der Waals surface area contributed by atoms with Gasteiger partial charge in [-0.05, 0) is 0 Å². The Kier molecular flexibility index (Phi) is 21.7. The molecule has 0 bridgehead atoms. The first-order valence-electron chi connectivity index (χ1n) is 9.61. The van der Waals surface area contributed by atoms with Crippen molar-refractivity contribution in [2.45, 2.75) is 117 Å². The molecule has 0 aliphatic rings. The van der Waals surface area contributed by atoms with Gasteiger partial charge in [0.2, 0.25) is 0 Å². The first kappa shape index (κ1) is 25.1. The lowest BCUT2D eigenvalue weighted by Crippen LogP contribution is -1.89. The lowest BCUT2D eigenvalue weighted by Gasteiger charge is -2.03. The lowest BCUT2D eigenvalue weighted by atomic mass is 10.0. The van der Waals surface area contributed by atoms with Gasteiger partial charge < -0.3 is 0 Å². The number of hydrogen-bond acceptors (Lipinski definition) is 2. The smallest absolute Gasteiger partial charge is 0.264 e. The fraction of sp³-hybridized carbons (Fsp3) is 1.00. The van der Waals surface area contributed by atoms with Crippen LogP contribution in [-0.2, 0) is 10.4 Å². The van der Waals surface area contributed by atoms with Gasteiger partial charge >= 0.3 is 10.4 Å². The third-order valence-corrected chi connectivity index (χ3v) is 3.96. The maximum absolute atomic E-state index is 8.74. The van der Waals surface area contributed by atoms with Crippen molar-refractivity contribution >= 4 is 10.4 Å². The van der Waals surface area contributed by atoms with Gasteiger partial charge in [0, 0.05) is 0 Å². The van der Waals surface area contributed by atoms with Crippen molar-refractivity contribution in [2.24, 2.45) is 0 Å². The van der Waals surface area contributed by atoms with Crippen LogP contribution < -0.4 is 0 Å². The zero-order chi connectivity index (χ0) is 17.8. The van der Waals surface area contributed by atoms with E-state index in [1.807, 2.05) is 0 Å². The average Bonchev–Trinajstić information content (AvgIpc) is 2.46. The molecule has 0 aliphatic carbocycles. The standard InChI is InChI=1S/C18H38.H2O4S/c1-3-5-7-9-11-13-15-17-18-16-14-12-10-8-6-4-2;1-5(2,3)4/h3-18H2,1-2H3;(H2,1,2,3,4). The minimum absolute atomic E-state index is 1.37. The summed E-state index contributed by atoms with van der Waals surface area (Å²) in [4.78, 5) is 0. The van der Waals surface area contributed by atoms with E-state index in [9.17, 15) is 0 Å². The largest absolute Gasteiger partial charge is 0.394 e. The summed E-state index contributed by atoms with van der Waals surface area (Å²) in [5.41, 5.74) is 0. The lowest BCUT2D eigenvalue weighted by molar-refractivity contribution is 0.381. The molecule has 0 saturated carbocycles. The van der Waals surface area contributed by atoms with Crippen LogP contribution in [-0.4, -0.2) is 17.5 Å². The topological polar surface area (TPSA) is 74.6 Å². The van der Waals surface area contributed by atoms with Crippen LogP contribution >= 0.6 is 0 Å². The second-order valence-electron chi connectivity index (χ2n) is 6.40. The van der Waals surface area contributed by atoms with E-state index in [-0.39, 0.29) is 0 Å². The van der Waals surface area contributed by atoms with Gasteiger partial charge in [-0.3, -0.25) is 9.11 Å². The number of hydrogen-bond donors (Lipinski definition) is 2. The van der Waals surface area contributed by atoms with Crippen molar-refractivity contribution in [3.8, 4) is 0 Å². The molecule has 4 nitrogen and oxygen atoms in total. The third-order valence-electron chi connectivity index (χ3n) is 3.96. The van der Waals surface area contributed by atoms with Crippen molar-refractivity contribution in [3.05, 3.63) is 0 Å². The zero-order valence-electron chi connectivity index (χ0n) is 15.4. The molecule has 0 unspecified atom stereocenters. The number of unbranched alkanes of at least 4 members (excludes halogenated alkanes) is 15. The normalized spacial score (nSPS) is 11.1. The van der Waals surface area contributed by atoms with Crippen LogP contribution in [0.15, 0.2) is 0 Å². The summed E-state index contributed by atoms with van der Waals surface area (Å²) in [6, 6.07) is 0. The van der Waals surface area contributed by atoms with E-state index in [2.05, 4.69) is 13.8 Å². The minimum Gasteiger partial charge on any atom is -0.264 e.